The lowest BCUT2D eigenvalue weighted by Gasteiger charge is -2.33. The van der Waals surface area contributed by atoms with Crippen LogP contribution >= 0.6 is 0 Å². The average molecular weight is 439 g/mol. The Morgan fingerprint density at radius 3 is 2.28 bits per heavy atom. The number of methoxy groups -OCH3 is 1. The molecule has 0 amide bonds. The van der Waals surface area contributed by atoms with Crippen molar-refractivity contribution in [3.05, 3.63) is 88.8 Å². The first kappa shape index (κ1) is 22.4. The quantitative estimate of drug-likeness (QED) is 0.466. The molecule has 0 radical (unpaired) electrons. The van der Waals surface area contributed by atoms with Crippen LogP contribution < -0.4 is 4.74 Å². The summed E-state index contributed by atoms with van der Waals surface area (Å²) in [6, 6.07) is 12.4. The predicted molar refractivity (Wildman–Crippen MR) is 124 cm³/mol. The van der Waals surface area contributed by atoms with Crippen LogP contribution in [0.1, 0.15) is 42.4 Å². The van der Waals surface area contributed by atoms with Crippen LogP contribution in [0.2, 0.25) is 0 Å². The van der Waals surface area contributed by atoms with E-state index in [1.165, 1.54) is 13.2 Å². The molecule has 0 heterocycles. The molecule has 0 aliphatic heterocycles. The lowest BCUT2D eigenvalue weighted by atomic mass is 9.74. The van der Waals surface area contributed by atoms with Gasteiger partial charge in [-0.3, -0.25) is 0 Å². The number of benzene rings is 2. The largest absolute Gasteiger partial charge is 0.494 e. The van der Waals surface area contributed by atoms with Gasteiger partial charge in [-0.05, 0) is 78.8 Å². The van der Waals surface area contributed by atoms with Gasteiger partial charge in [0.25, 0.3) is 0 Å². The van der Waals surface area contributed by atoms with Crippen LogP contribution in [0.15, 0.2) is 66.3 Å². The predicted octanol–water partition coefficient (Wildman–Crippen LogP) is 7.66. The molecule has 168 valence electrons. The van der Waals surface area contributed by atoms with E-state index in [1.54, 1.807) is 18.2 Å². The summed E-state index contributed by atoms with van der Waals surface area (Å²) in [5.74, 6) is 0.283. The van der Waals surface area contributed by atoms with Crippen molar-refractivity contribution in [3.8, 4) is 5.75 Å². The van der Waals surface area contributed by atoms with Crippen LogP contribution in [-0.4, -0.2) is 19.5 Å². The van der Waals surface area contributed by atoms with E-state index in [0.717, 1.165) is 42.4 Å². The number of aryl methyl sites for hydroxylation is 1. The smallest absolute Gasteiger partial charge is 0.165 e. The van der Waals surface area contributed by atoms with Gasteiger partial charge in [0, 0.05) is 0 Å². The fourth-order valence-corrected chi connectivity index (χ4v) is 4.74. The standard InChI is InChI=1S/C28H29F3O/c1-18-3-10-21(11-4-18)23-14-15-24(28(31)27(23)30)22-12-7-19(8-13-22)5-6-20-9-16-26(32-2)25(29)17-20/h3-6,9-11,14-17,19,22,27-28H,7-8,12-13H2,1-2H3/b6-5+. The number of allylic oxidation sites excluding steroid dienone is 5. The van der Waals surface area contributed by atoms with Crippen LogP contribution in [0.4, 0.5) is 13.2 Å². The summed E-state index contributed by atoms with van der Waals surface area (Å²) in [7, 11) is 1.44. The topological polar surface area (TPSA) is 9.23 Å². The zero-order valence-electron chi connectivity index (χ0n) is 18.5. The Morgan fingerprint density at radius 2 is 1.62 bits per heavy atom. The fraction of sp³-hybridized carbons (Fsp3) is 0.357. The molecule has 0 bridgehead atoms. The molecule has 0 spiro atoms. The molecular weight excluding hydrogens is 409 g/mol. The van der Waals surface area contributed by atoms with Gasteiger partial charge in [0.05, 0.1) is 7.11 Å². The van der Waals surface area contributed by atoms with E-state index < -0.39 is 12.3 Å². The molecule has 0 saturated heterocycles. The Kier molecular flexibility index (Phi) is 6.88. The molecule has 1 saturated carbocycles. The molecule has 0 aromatic heterocycles. The molecular formula is C28H29F3O. The summed E-state index contributed by atoms with van der Waals surface area (Å²) in [4.78, 5) is 0. The maximum absolute atomic E-state index is 15.1. The molecule has 4 rings (SSSR count). The van der Waals surface area contributed by atoms with Crippen LogP contribution in [-0.2, 0) is 0 Å². The van der Waals surface area contributed by atoms with Gasteiger partial charge in [-0.15, -0.1) is 0 Å². The van der Waals surface area contributed by atoms with E-state index in [1.807, 2.05) is 43.3 Å². The second-order valence-corrected chi connectivity index (χ2v) is 8.82. The molecule has 2 aliphatic rings. The molecule has 2 aromatic carbocycles. The summed E-state index contributed by atoms with van der Waals surface area (Å²) in [5, 5.41) is 0. The minimum atomic E-state index is -1.62. The third kappa shape index (κ3) is 4.85. The van der Waals surface area contributed by atoms with E-state index in [-0.39, 0.29) is 17.5 Å². The van der Waals surface area contributed by atoms with Crippen LogP contribution in [0.3, 0.4) is 0 Å². The highest BCUT2D eigenvalue weighted by atomic mass is 19.2. The second-order valence-electron chi connectivity index (χ2n) is 8.82. The van der Waals surface area contributed by atoms with Gasteiger partial charge in [0.1, 0.15) is 0 Å². The van der Waals surface area contributed by atoms with Crippen molar-refractivity contribution < 1.29 is 17.9 Å². The van der Waals surface area contributed by atoms with Gasteiger partial charge >= 0.3 is 0 Å². The van der Waals surface area contributed by atoms with E-state index >= 15 is 4.39 Å². The van der Waals surface area contributed by atoms with E-state index in [4.69, 9.17) is 4.74 Å². The first-order chi connectivity index (χ1) is 15.5. The Balaban J connectivity index is 1.39. The van der Waals surface area contributed by atoms with Gasteiger partial charge < -0.3 is 4.74 Å². The summed E-state index contributed by atoms with van der Waals surface area (Å²) >= 11 is 0. The van der Waals surface area contributed by atoms with Gasteiger partial charge in [-0.2, -0.15) is 0 Å². The van der Waals surface area contributed by atoms with E-state index in [2.05, 4.69) is 6.08 Å². The van der Waals surface area contributed by atoms with Gasteiger partial charge in [-0.25, -0.2) is 13.2 Å². The minimum Gasteiger partial charge on any atom is -0.494 e. The number of alkyl halides is 2. The van der Waals surface area contributed by atoms with Crippen LogP contribution in [0, 0.1) is 24.6 Å². The third-order valence-electron chi connectivity index (χ3n) is 6.69. The molecule has 0 N–H and O–H groups in total. The Hall–Kier alpha value is -2.75. The molecule has 2 unspecified atom stereocenters. The maximum Gasteiger partial charge on any atom is 0.165 e. The highest BCUT2D eigenvalue weighted by Crippen LogP contribution is 2.41. The molecule has 4 heteroatoms. The fourth-order valence-electron chi connectivity index (χ4n) is 4.74. The molecule has 2 aliphatic carbocycles. The van der Waals surface area contributed by atoms with E-state index in [0.29, 0.717) is 17.1 Å². The van der Waals surface area contributed by atoms with Crippen molar-refractivity contribution in [3.63, 3.8) is 0 Å². The molecule has 1 nitrogen and oxygen atoms in total. The first-order valence-electron chi connectivity index (χ1n) is 11.2. The second kappa shape index (κ2) is 9.81. The molecule has 2 atom stereocenters. The van der Waals surface area contributed by atoms with Crippen molar-refractivity contribution in [2.45, 2.75) is 45.0 Å². The van der Waals surface area contributed by atoms with Crippen molar-refractivity contribution in [1.82, 2.24) is 0 Å². The molecule has 32 heavy (non-hydrogen) atoms. The highest BCUT2D eigenvalue weighted by molar-refractivity contribution is 5.73. The summed E-state index contributed by atoms with van der Waals surface area (Å²) in [6.45, 7) is 1.97. The number of rotatable bonds is 5. The highest BCUT2D eigenvalue weighted by Gasteiger charge is 2.36. The molecule has 1 fully saturated rings. The monoisotopic (exact) mass is 438 g/mol. The average Bonchev–Trinajstić information content (AvgIpc) is 2.81. The normalized spacial score (nSPS) is 26.0. The number of hydrogen-bond donors (Lipinski definition) is 0. The summed E-state index contributed by atoms with van der Waals surface area (Å²) in [6.07, 6.45) is 7.87. The lowest BCUT2D eigenvalue weighted by Crippen LogP contribution is -2.29. The minimum absolute atomic E-state index is 0.0714. The maximum atomic E-state index is 15.1. The summed E-state index contributed by atoms with van der Waals surface area (Å²) < 4.78 is 48.8. The van der Waals surface area contributed by atoms with Crippen molar-refractivity contribution in [2.24, 2.45) is 11.8 Å². The summed E-state index contributed by atoms with van der Waals surface area (Å²) in [5.41, 5.74) is 3.64. The van der Waals surface area contributed by atoms with Gasteiger partial charge in [0.15, 0.2) is 23.9 Å². The third-order valence-corrected chi connectivity index (χ3v) is 6.69. The van der Waals surface area contributed by atoms with Gasteiger partial charge in [0.2, 0.25) is 0 Å². The first-order valence-corrected chi connectivity index (χ1v) is 11.2. The number of halogens is 3. The van der Waals surface area contributed by atoms with Crippen molar-refractivity contribution >= 4 is 11.6 Å². The Morgan fingerprint density at radius 1 is 0.906 bits per heavy atom. The van der Waals surface area contributed by atoms with Gasteiger partial charge in [-0.1, -0.05) is 60.2 Å². The van der Waals surface area contributed by atoms with Crippen LogP contribution in [0.5, 0.6) is 5.75 Å². The lowest BCUT2D eigenvalue weighted by molar-refractivity contribution is 0.212. The van der Waals surface area contributed by atoms with E-state index in [9.17, 15) is 8.78 Å². The van der Waals surface area contributed by atoms with Crippen molar-refractivity contribution in [1.29, 1.82) is 0 Å². The zero-order valence-corrected chi connectivity index (χ0v) is 18.5. The Bertz CT molecular complexity index is 1030. The van der Waals surface area contributed by atoms with Crippen molar-refractivity contribution in [2.75, 3.05) is 7.11 Å². The van der Waals surface area contributed by atoms with Crippen LogP contribution in [0.25, 0.3) is 11.6 Å². The number of ether oxygens (including phenoxy) is 1. The molecule has 2 aromatic rings. The number of hydrogen-bond acceptors (Lipinski definition) is 1. The SMILES string of the molecule is COc1ccc(/C=C/C2CCC(C3=CC=C(c4ccc(C)cc4)C(F)C3F)CC2)cc1F. The Labute approximate surface area is 188 Å². The zero-order chi connectivity index (χ0) is 22.7.